The van der Waals surface area contributed by atoms with Crippen LogP contribution in [0.5, 0.6) is 5.75 Å². The summed E-state index contributed by atoms with van der Waals surface area (Å²) in [6.07, 6.45) is 5.95. The van der Waals surface area contributed by atoms with Gasteiger partial charge in [-0.15, -0.1) is 10.2 Å². The number of anilines is 1. The molecule has 1 aliphatic rings. The van der Waals surface area contributed by atoms with Crippen LogP contribution < -0.4 is 10.1 Å². The van der Waals surface area contributed by atoms with E-state index in [1.807, 2.05) is 48.5 Å². The lowest BCUT2D eigenvalue weighted by Crippen LogP contribution is -2.11. The van der Waals surface area contributed by atoms with E-state index in [1.54, 1.807) is 7.11 Å². The largest absolute Gasteiger partial charge is 0.497 e. The number of rotatable bonds is 8. The van der Waals surface area contributed by atoms with Crippen molar-refractivity contribution >= 4 is 11.6 Å². The molecule has 1 amide bonds. The van der Waals surface area contributed by atoms with Gasteiger partial charge in [0.15, 0.2) is 5.82 Å². The normalized spacial score (nSPS) is 13.2. The summed E-state index contributed by atoms with van der Waals surface area (Å²) >= 11 is 0. The van der Waals surface area contributed by atoms with Crippen molar-refractivity contribution in [1.29, 1.82) is 0 Å². The standard InChI is InChI=1S/C26H28N6O3/c1-34-21-14-12-18(13-15-21)25-28-24(35-31-25)11-6-10-23(33)27-20-8-5-7-19(17-20)26-30-29-22-9-3-2-4-16-32(22)26/h5,7-8,12-15,17H,2-4,6,9-11,16H2,1H3,(H,27,33). The zero-order valence-corrected chi connectivity index (χ0v) is 19.7. The van der Waals surface area contributed by atoms with Crippen LogP contribution >= 0.6 is 0 Å². The van der Waals surface area contributed by atoms with E-state index in [1.165, 1.54) is 6.42 Å². The Morgan fingerprint density at radius 1 is 1.09 bits per heavy atom. The van der Waals surface area contributed by atoms with Gasteiger partial charge in [0.25, 0.3) is 0 Å². The summed E-state index contributed by atoms with van der Waals surface area (Å²) in [6.45, 7) is 0.935. The molecule has 0 radical (unpaired) electrons. The minimum Gasteiger partial charge on any atom is -0.497 e. The smallest absolute Gasteiger partial charge is 0.226 e. The van der Waals surface area contributed by atoms with Crippen molar-refractivity contribution in [3.05, 3.63) is 60.2 Å². The van der Waals surface area contributed by atoms with Gasteiger partial charge in [0.2, 0.25) is 17.6 Å². The molecule has 1 aliphatic heterocycles. The highest BCUT2D eigenvalue weighted by molar-refractivity contribution is 5.91. The molecule has 0 saturated carbocycles. The maximum absolute atomic E-state index is 12.5. The van der Waals surface area contributed by atoms with E-state index in [9.17, 15) is 4.79 Å². The summed E-state index contributed by atoms with van der Waals surface area (Å²) < 4.78 is 12.7. The van der Waals surface area contributed by atoms with Gasteiger partial charge in [-0.2, -0.15) is 4.98 Å². The molecule has 0 aliphatic carbocycles. The molecular weight excluding hydrogens is 444 g/mol. The second kappa shape index (κ2) is 10.5. The van der Waals surface area contributed by atoms with Crippen LogP contribution in [0.25, 0.3) is 22.8 Å². The summed E-state index contributed by atoms with van der Waals surface area (Å²) in [6, 6.07) is 15.3. The number of aromatic nitrogens is 5. The van der Waals surface area contributed by atoms with Crippen molar-refractivity contribution in [2.75, 3.05) is 12.4 Å². The maximum Gasteiger partial charge on any atom is 0.226 e. The molecule has 2 aromatic carbocycles. The number of benzene rings is 2. The molecule has 9 heteroatoms. The van der Waals surface area contributed by atoms with E-state index < -0.39 is 0 Å². The molecule has 4 aromatic rings. The van der Waals surface area contributed by atoms with E-state index >= 15 is 0 Å². The Balaban J connectivity index is 1.15. The Bertz CT molecular complexity index is 1290. The molecule has 0 saturated heterocycles. The van der Waals surface area contributed by atoms with Crippen LogP contribution in [0, 0.1) is 0 Å². The minimum absolute atomic E-state index is 0.0582. The third-order valence-electron chi connectivity index (χ3n) is 6.12. The molecule has 9 nitrogen and oxygen atoms in total. The lowest BCUT2D eigenvalue weighted by atomic mass is 10.1. The second-order valence-electron chi connectivity index (χ2n) is 8.62. The lowest BCUT2D eigenvalue weighted by molar-refractivity contribution is -0.116. The van der Waals surface area contributed by atoms with E-state index in [2.05, 4.69) is 30.2 Å². The third kappa shape index (κ3) is 5.40. The van der Waals surface area contributed by atoms with Crippen LogP contribution in [-0.4, -0.2) is 37.9 Å². The first-order chi connectivity index (χ1) is 17.2. The fourth-order valence-electron chi connectivity index (χ4n) is 4.27. The number of aryl methyl sites for hydroxylation is 2. The highest BCUT2D eigenvalue weighted by atomic mass is 16.5. The number of carbonyl (C=O) groups is 1. The monoisotopic (exact) mass is 472 g/mol. The van der Waals surface area contributed by atoms with Crippen LogP contribution in [0.1, 0.15) is 43.8 Å². The van der Waals surface area contributed by atoms with Crippen LogP contribution in [0.3, 0.4) is 0 Å². The SMILES string of the molecule is COc1ccc(-c2noc(CCCC(=O)Nc3cccc(-c4nnc5n4CCCCC5)c3)n2)cc1. The summed E-state index contributed by atoms with van der Waals surface area (Å²) in [5.41, 5.74) is 2.56. The summed E-state index contributed by atoms with van der Waals surface area (Å²) in [7, 11) is 1.62. The molecule has 2 aromatic heterocycles. The van der Waals surface area contributed by atoms with Gasteiger partial charge >= 0.3 is 0 Å². The molecule has 0 atom stereocenters. The average Bonchev–Trinajstić information content (AvgIpc) is 3.45. The van der Waals surface area contributed by atoms with E-state index in [0.717, 1.165) is 60.0 Å². The second-order valence-corrected chi connectivity index (χ2v) is 8.62. The molecule has 0 spiro atoms. The summed E-state index contributed by atoms with van der Waals surface area (Å²) in [4.78, 5) is 17.0. The molecular formula is C26H28N6O3. The Kier molecular flexibility index (Phi) is 6.83. The van der Waals surface area contributed by atoms with Crippen LogP contribution in [0.4, 0.5) is 5.69 Å². The maximum atomic E-state index is 12.5. The van der Waals surface area contributed by atoms with Gasteiger partial charge in [0.05, 0.1) is 7.11 Å². The number of amides is 1. The Morgan fingerprint density at radius 2 is 1.97 bits per heavy atom. The number of hydrogen-bond acceptors (Lipinski definition) is 7. The number of ether oxygens (including phenoxy) is 1. The zero-order valence-electron chi connectivity index (χ0n) is 19.7. The first kappa shape index (κ1) is 22.8. The van der Waals surface area contributed by atoms with Crippen LogP contribution in [0.15, 0.2) is 53.1 Å². The predicted octanol–water partition coefficient (Wildman–Crippen LogP) is 4.69. The zero-order chi connectivity index (χ0) is 24.0. The quantitative estimate of drug-likeness (QED) is 0.396. The van der Waals surface area contributed by atoms with Crippen molar-refractivity contribution in [2.45, 2.75) is 51.5 Å². The molecule has 0 fully saturated rings. The average molecular weight is 473 g/mol. The fourth-order valence-corrected chi connectivity index (χ4v) is 4.27. The lowest BCUT2D eigenvalue weighted by Gasteiger charge is -2.09. The summed E-state index contributed by atoms with van der Waals surface area (Å²) in [5, 5.41) is 15.8. The molecule has 180 valence electrons. The number of hydrogen-bond donors (Lipinski definition) is 1. The van der Waals surface area contributed by atoms with E-state index in [-0.39, 0.29) is 5.91 Å². The van der Waals surface area contributed by atoms with Gasteiger partial charge in [0, 0.05) is 42.6 Å². The molecule has 0 unspecified atom stereocenters. The molecule has 0 bridgehead atoms. The number of nitrogens with zero attached hydrogens (tertiary/aromatic N) is 5. The fraction of sp³-hybridized carbons (Fsp3) is 0.346. The van der Waals surface area contributed by atoms with E-state index in [0.29, 0.717) is 31.0 Å². The first-order valence-corrected chi connectivity index (χ1v) is 12.0. The Hall–Kier alpha value is -4.01. The van der Waals surface area contributed by atoms with Crippen LogP contribution in [0.2, 0.25) is 0 Å². The van der Waals surface area contributed by atoms with Crippen molar-refractivity contribution in [2.24, 2.45) is 0 Å². The van der Waals surface area contributed by atoms with E-state index in [4.69, 9.17) is 9.26 Å². The van der Waals surface area contributed by atoms with Crippen molar-refractivity contribution in [1.82, 2.24) is 24.9 Å². The topological polar surface area (TPSA) is 108 Å². The van der Waals surface area contributed by atoms with Crippen LogP contribution in [-0.2, 0) is 24.2 Å². The molecule has 5 rings (SSSR count). The number of fused-ring (bicyclic) bond motifs is 1. The van der Waals surface area contributed by atoms with Crippen molar-refractivity contribution in [3.8, 4) is 28.5 Å². The molecule has 3 heterocycles. The number of carbonyl (C=O) groups excluding carboxylic acids is 1. The minimum atomic E-state index is -0.0582. The van der Waals surface area contributed by atoms with Gasteiger partial charge in [-0.05, 0) is 55.7 Å². The van der Waals surface area contributed by atoms with Gasteiger partial charge in [0.1, 0.15) is 11.6 Å². The number of methoxy groups -OCH3 is 1. The highest BCUT2D eigenvalue weighted by Gasteiger charge is 2.16. The Morgan fingerprint density at radius 3 is 2.83 bits per heavy atom. The van der Waals surface area contributed by atoms with Gasteiger partial charge < -0.3 is 19.1 Å². The van der Waals surface area contributed by atoms with Gasteiger partial charge in [-0.1, -0.05) is 23.7 Å². The highest BCUT2D eigenvalue weighted by Crippen LogP contribution is 2.25. The number of nitrogens with one attached hydrogen (secondary N) is 1. The Labute approximate surface area is 203 Å². The van der Waals surface area contributed by atoms with Crippen molar-refractivity contribution < 1.29 is 14.1 Å². The molecule has 1 N–H and O–H groups in total. The predicted molar refractivity (Wildman–Crippen MR) is 131 cm³/mol. The van der Waals surface area contributed by atoms with Gasteiger partial charge in [-0.25, -0.2) is 0 Å². The third-order valence-corrected chi connectivity index (χ3v) is 6.12. The summed E-state index contributed by atoms with van der Waals surface area (Å²) in [5.74, 6) is 3.65. The first-order valence-electron chi connectivity index (χ1n) is 12.0. The van der Waals surface area contributed by atoms with Gasteiger partial charge in [-0.3, -0.25) is 4.79 Å². The van der Waals surface area contributed by atoms with Crippen molar-refractivity contribution in [3.63, 3.8) is 0 Å². The molecule has 35 heavy (non-hydrogen) atoms.